The Morgan fingerprint density at radius 1 is 1.47 bits per heavy atom. The Balaban J connectivity index is 2.63. The largest absolute Gasteiger partial charge is 0.505 e. The first-order chi connectivity index (χ1) is 7.11. The normalized spacial score (nSPS) is 16.2. The van der Waals surface area contributed by atoms with Crippen molar-refractivity contribution in [1.82, 2.24) is 0 Å². The van der Waals surface area contributed by atoms with Gasteiger partial charge in [-0.15, -0.1) is 0 Å². The van der Waals surface area contributed by atoms with Crippen molar-refractivity contribution in [3.8, 4) is 17.2 Å². The first kappa shape index (κ1) is 10.0. The van der Waals surface area contributed by atoms with Gasteiger partial charge in [0, 0.05) is 12.1 Å². The number of benzene rings is 1. The van der Waals surface area contributed by atoms with Crippen LogP contribution in [0.15, 0.2) is 6.07 Å². The molecule has 0 amide bonds. The number of phenolic OH excluding ortho intramolecular Hbond substituents is 1. The minimum Gasteiger partial charge on any atom is -0.505 e. The van der Waals surface area contributed by atoms with Crippen LogP contribution < -0.4 is 15.2 Å². The molecule has 2 rings (SSSR count). The summed E-state index contributed by atoms with van der Waals surface area (Å²) in [5.41, 5.74) is 5.78. The third kappa shape index (κ3) is 1.59. The zero-order chi connectivity index (χ0) is 11.0. The number of halogens is 1. The van der Waals surface area contributed by atoms with E-state index >= 15 is 0 Å². The number of hydrogen-bond acceptors (Lipinski definition) is 4. The molecular weight excluding hydrogens is 201 g/mol. The van der Waals surface area contributed by atoms with E-state index in [4.69, 9.17) is 15.2 Å². The van der Waals surface area contributed by atoms with E-state index in [0.29, 0.717) is 24.7 Å². The Morgan fingerprint density at radius 3 is 2.80 bits per heavy atom. The highest BCUT2D eigenvalue weighted by atomic mass is 19.1. The van der Waals surface area contributed by atoms with E-state index in [9.17, 15) is 9.50 Å². The summed E-state index contributed by atoms with van der Waals surface area (Å²) in [6.45, 7) is 2.36. The maximum absolute atomic E-state index is 13.6. The quantitative estimate of drug-likeness (QED) is 0.738. The number of rotatable bonds is 1. The second-order valence-corrected chi connectivity index (χ2v) is 3.44. The molecule has 0 radical (unpaired) electrons. The summed E-state index contributed by atoms with van der Waals surface area (Å²) in [6.07, 6.45) is 0. The predicted octanol–water partition coefficient (Wildman–Crippen LogP) is 1.32. The predicted molar refractivity (Wildman–Crippen MR) is 51.7 cm³/mol. The van der Waals surface area contributed by atoms with Gasteiger partial charge >= 0.3 is 0 Å². The van der Waals surface area contributed by atoms with Crippen molar-refractivity contribution in [3.05, 3.63) is 17.4 Å². The summed E-state index contributed by atoms with van der Waals surface area (Å²) in [4.78, 5) is 0. The first-order valence-corrected chi connectivity index (χ1v) is 4.67. The Morgan fingerprint density at radius 2 is 2.13 bits per heavy atom. The van der Waals surface area contributed by atoms with Crippen LogP contribution in [0.25, 0.3) is 0 Å². The van der Waals surface area contributed by atoms with Gasteiger partial charge in [-0.1, -0.05) is 0 Å². The highest BCUT2D eigenvalue weighted by Gasteiger charge is 2.25. The molecule has 4 nitrogen and oxygen atoms in total. The van der Waals surface area contributed by atoms with Crippen molar-refractivity contribution in [2.75, 3.05) is 13.2 Å². The molecule has 0 saturated heterocycles. The van der Waals surface area contributed by atoms with Crippen LogP contribution in [0, 0.1) is 5.82 Å². The highest BCUT2D eigenvalue weighted by molar-refractivity contribution is 5.54. The molecule has 1 heterocycles. The van der Waals surface area contributed by atoms with Gasteiger partial charge in [0.05, 0.1) is 5.56 Å². The van der Waals surface area contributed by atoms with E-state index in [-0.39, 0.29) is 5.56 Å². The average molecular weight is 213 g/mol. The van der Waals surface area contributed by atoms with E-state index in [0.717, 1.165) is 0 Å². The fraction of sp³-hybridized carbons (Fsp3) is 0.400. The van der Waals surface area contributed by atoms with E-state index < -0.39 is 17.6 Å². The third-order valence-electron chi connectivity index (χ3n) is 2.24. The molecule has 0 aliphatic carbocycles. The Bertz CT molecular complexity index is 393. The first-order valence-electron chi connectivity index (χ1n) is 4.67. The minimum absolute atomic E-state index is 0.157. The molecule has 1 unspecified atom stereocenters. The lowest BCUT2D eigenvalue weighted by atomic mass is 10.1. The molecule has 0 saturated carbocycles. The molecule has 1 aromatic carbocycles. The van der Waals surface area contributed by atoms with Crippen molar-refractivity contribution in [2.45, 2.75) is 13.0 Å². The molecule has 1 atom stereocenters. The second-order valence-electron chi connectivity index (χ2n) is 3.44. The van der Waals surface area contributed by atoms with E-state index in [1.807, 2.05) is 0 Å². The van der Waals surface area contributed by atoms with Crippen LogP contribution in [-0.4, -0.2) is 18.3 Å². The molecule has 82 valence electrons. The number of phenols is 1. The van der Waals surface area contributed by atoms with Gasteiger partial charge in [0.1, 0.15) is 13.2 Å². The van der Waals surface area contributed by atoms with Crippen LogP contribution in [0.1, 0.15) is 18.5 Å². The van der Waals surface area contributed by atoms with Gasteiger partial charge in [-0.25, -0.2) is 4.39 Å². The van der Waals surface area contributed by atoms with Gasteiger partial charge in [0.15, 0.2) is 23.1 Å². The van der Waals surface area contributed by atoms with E-state index in [1.165, 1.54) is 6.07 Å². The van der Waals surface area contributed by atoms with Crippen LogP contribution in [0.4, 0.5) is 4.39 Å². The Hall–Kier alpha value is -1.49. The Labute approximate surface area is 86.4 Å². The van der Waals surface area contributed by atoms with Crippen molar-refractivity contribution >= 4 is 0 Å². The van der Waals surface area contributed by atoms with E-state index in [2.05, 4.69) is 0 Å². The van der Waals surface area contributed by atoms with E-state index in [1.54, 1.807) is 6.92 Å². The molecule has 0 fully saturated rings. The number of aromatic hydroxyl groups is 1. The molecule has 5 heteroatoms. The van der Waals surface area contributed by atoms with Crippen molar-refractivity contribution in [2.24, 2.45) is 5.73 Å². The maximum atomic E-state index is 13.6. The molecular formula is C10H12FNO3. The number of fused-ring (bicyclic) bond motifs is 1. The number of ether oxygens (including phenoxy) is 2. The van der Waals surface area contributed by atoms with Gasteiger partial charge < -0.3 is 20.3 Å². The molecule has 1 aliphatic rings. The Kier molecular flexibility index (Phi) is 2.40. The van der Waals surface area contributed by atoms with Crippen LogP contribution in [0.2, 0.25) is 0 Å². The molecule has 3 N–H and O–H groups in total. The maximum Gasteiger partial charge on any atom is 0.173 e. The van der Waals surface area contributed by atoms with Crippen LogP contribution in [0.5, 0.6) is 17.2 Å². The lowest BCUT2D eigenvalue weighted by Gasteiger charge is -2.23. The molecule has 0 spiro atoms. The topological polar surface area (TPSA) is 64.7 Å². The molecule has 15 heavy (non-hydrogen) atoms. The van der Waals surface area contributed by atoms with Gasteiger partial charge in [0.25, 0.3) is 0 Å². The zero-order valence-electron chi connectivity index (χ0n) is 8.29. The van der Waals surface area contributed by atoms with Crippen molar-refractivity contribution in [1.29, 1.82) is 0 Å². The van der Waals surface area contributed by atoms with Gasteiger partial charge in [-0.05, 0) is 6.92 Å². The SMILES string of the molecule is CC(N)c1c(F)c(O)cc2c1OCCO2. The fourth-order valence-corrected chi connectivity index (χ4v) is 1.58. The monoisotopic (exact) mass is 213 g/mol. The fourth-order valence-electron chi connectivity index (χ4n) is 1.58. The summed E-state index contributed by atoms with van der Waals surface area (Å²) in [5, 5.41) is 9.34. The number of hydrogen-bond donors (Lipinski definition) is 2. The van der Waals surface area contributed by atoms with Crippen LogP contribution in [-0.2, 0) is 0 Å². The van der Waals surface area contributed by atoms with Crippen LogP contribution >= 0.6 is 0 Å². The summed E-state index contributed by atoms with van der Waals surface area (Å²) >= 11 is 0. The van der Waals surface area contributed by atoms with Crippen molar-refractivity contribution in [3.63, 3.8) is 0 Å². The third-order valence-corrected chi connectivity index (χ3v) is 2.24. The molecule has 0 aromatic heterocycles. The summed E-state index contributed by atoms with van der Waals surface area (Å²) in [5.74, 6) is -0.570. The summed E-state index contributed by atoms with van der Waals surface area (Å²) < 4.78 is 24.1. The lowest BCUT2D eigenvalue weighted by molar-refractivity contribution is 0.167. The molecule has 1 aromatic rings. The summed E-state index contributed by atoms with van der Waals surface area (Å²) in [6, 6.07) is 0.642. The van der Waals surface area contributed by atoms with Crippen LogP contribution in [0.3, 0.4) is 0 Å². The number of nitrogens with two attached hydrogens (primary N) is 1. The van der Waals surface area contributed by atoms with Gasteiger partial charge in [0.2, 0.25) is 0 Å². The van der Waals surface area contributed by atoms with Gasteiger partial charge in [-0.2, -0.15) is 0 Å². The zero-order valence-corrected chi connectivity index (χ0v) is 8.29. The van der Waals surface area contributed by atoms with Gasteiger partial charge in [-0.3, -0.25) is 0 Å². The highest BCUT2D eigenvalue weighted by Crippen LogP contribution is 2.42. The standard InChI is InChI=1S/C10H12FNO3/c1-5(12)8-9(11)6(13)4-7-10(8)15-3-2-14-7/h4-5,13H,2-3,12H2,1H3. The minimum atomic E-state index is -0.741. The smallest absolute Gasteiger partial charge is 0.173 e. The lowest BCUT2D eigenvalue weighted by Crippen LogP contribution is -2.19. The average Bonchev–Trinajstić information content (AvgIpc) is 2.19. The summed E-state index contributed by atoms with van der Waals surface area (Å²) in [7, 11) is 0. The second kappa shape index (κ2) is 3.58. The molecule has 0 bridgehead atoms. The molecule has 1 aliphatic heterocycles. The van der Waals surface area contributed by atoms with Crippen molar-refractivity contribution < 1.29 is 19.0 Å².